The summed E-state index contributed by atoms with van der Waals surface area (Å²) in [6.45, 7) is 13.1. The average molecular weight is 380 g/mol. The van der Waals surface area contributed by atoms with Crippen LogP contribution in [0.4, 0.5) is 4.79 Å². The molecule has 2 aliphatic heterocycles. The minimum Gasteiger partial charge on any atom is -0.444 e. The number of hydrogen-bond acceptors (Lipinski definition) is 4. The van der Waals surface area contributed by atoms with Crippen molar-refractivity contribution in [2.24, 2.45) is 11.8 Å². The Bertz CT molecular complexity index is 559. The van der Waals surface area contributed by atoms with Crippen LogP contribution in [0, 0.1) is 11.8 Å². The SMILES string of the molecule is C=CC[C@@H]1C[C@@H](C)C[C@@H]2O[C@]12C1(O)CCCN(C(=O)OC(C)(C)C)CCC1. The molecule has 3 aliphatic rings. The van der Waals surface area contributed by atoms with E-state index in [0.29, 0.717) is 37.8 Å². The lowest BCUT2D eigenvalue weighted by Gasteiger charge is -2.44. The lowest BCUT2D eigenvalue weighted by atomic mass is 9.63. The van der Waals surface area contributed by atoms with Crippen molar-refractivity contribution in [3.63, 3.8) is 0 Å². The zero-order valence-corrected chi connectivity index (χ0v) is 17.5. The maximum absolute atomic E-state index is 12.4. The van der Waals surface area contributed by atoms with Crippen LogP contribution in [0.25, 0.3) is 0 Å². The fourth-order valence-corrected chi connectivity index (χ4v) is 5.43. The molecule has 2 saturated heterocycles. The van der Waals surface area contributed by atoms with Gasteiger partial charge >= 0.3 is 6.09 Å². The van der Waals surface area contributed by atoms with E-state index in [1.807, 2.05) is 26.8 Å². The van der Waals surface area contributed by atoms with E-state index in [1.165, 1.54) is 0 Å². The van der Waals surface area contributed by atoms with Gasteiger partial charge in [0.05, 0.1) is 11.7 Å². The number of ether oxygens (including phenoxy) is 2. The van der Waals surface area contributed by atoms with Gasteiger partial charge in [0.25, 0.3) is 0 Å². The standard InChI is InChI=1S/C22H37NO4/c1-6-9-17-14-16(2)15-18-22(17,26-18)21(25)10-7-12-23(13-8-11-21)19(24)27-20(3,4)5/h6,16-18,25H,1,7-15H2,2-5H3/t16-,17-,18+,22-/m1/s1. The van der Waals surface area contributed by atoms with Crippen LogP contribution >= 0.6 is 0 Å². The average Bonchev–Trinajstić information content (AvgIpc) is 3.25. The normalized spacial score (nSPS) is 36.2. The zero-order valence-electron chi connectivity index (χ0n) is 17.5. The van der Waals surface area contributed by atoms with Gasteiger partial charge in [-0.25, -0.2) is 4.79 Å². The van der Waals surface area contributed by atoms with Crippen LogP contribution in [-0.4, -0.2) is 52.1 Å². The van der Waals surface area contributed by atoms with Crippen molar-refractivity contribution in [2.45, 2.75) is 95.5 Å². The molecule has 0 aromatic carbocycles. The molecule has 5 heteroatoms. The summed E-state index contributed by atoms with van der Waals surface area (Å²) in [7, 11) is 0. The van der Waals surface area contributed by atoms with Gasteiger partial charge in [0.1, 0.15) is 11.2 Å². The fourth-order valence-electron chi connectivity index (χ4n) is 5.43. The number of hydrogen-bond donors (Lipinski definition) is 1. The van der Waals surface area contributed by atoms with E-state index in [0.717, 1.165) is 32.1 Å². The van der Waals surface area contributed by atoms with E-state index in [2.05, 4.69) is 13.5 Å². The van der Waals surface area contributed by atoms with Gasteiger partial charge in [-0.15, -0.1) is 6.58 Å². The molecule has 0 bridgehead atoms. The van der Waals surface area contributed by atoms with Crippen molar-refractivity contribution in [1.82, 2.24) is 4.90 Å². The highest BCUT2D eigenvalue weighted by atomic mass is 16.6. The summed E-state index contributed by atoms with van der Waals surface area (Å²) >= 11 is 0. The predicted octanol–water partition coefficient (Wildman–Crippen LogP) is 4.29. The molecule has 2 heterocycles. The van der Waals surface area contributed by atoms with Crippen molar-refractivity contribution >= 4 is 6.09 Å². The number of carbonyl (C=O) groups excluding carboxylic acids is 1. The fraction of sp³-hybridized carbons (Fsp3) is 0.864. The van der Waals surface area contributed by atoms with Crippen LogP contribution < -0.4 is 0 Å². The Morgan fingerprint density at radius 3 is 2.48 bits per heavy atom. The molecule has 1 aliphatic carbocycles. The Kier molecular flexibility index (Phi) is 5.66. The first-order valence-electron chi connectivity index (χ1n) is 10.6. The lowest BCUT2D eigenvalue weighted by molar-refractivity contribution is -0.0889. The summed E-state index contributed by atoms with van der Waals surface area (Å²) in [5.74, 6) is 0.977. The van der Waals surface area contributed by atoms with E-state index in [1.54, 1.807) is 4.90 Å². The molecule has 1 amide bonds. The van der Waals surface area contributed by atoms with Crippen LogP contribution in [-0.2, 0) is 9.47 Å². The molecular weight excluding hydrogens is 342 g/mol. The smallest absolute Gasteiger partial charge is 0.410 e. The Labute approximate surface area is 164 Å². The van der Waals surface area contributed by atoms with Crippen LogP contribution in [0.5, 0.6) is 0 Å². The van der Waals surface area contributed by atoms with E-state index in [9.17, 15) is 9.90 Å². The third-order valence-corrected chi connectivity index (χ3v) is 6.54. The van der Waals surface area contributed by atoms with Gasteiger partial charge < -0.3 is 19.5 Å². The minimum absolute atomic E-state index is 0.178. The summed E-state index contributed by atoms with van der Waals surface area (Å²) in [6, 6.07) is 0. The second-order valence-corrected chi connectivity index (χ2v) is 9.90. The highest BCUT2D eigenvalue weighted by molar-refractivity contribution is 5.68. The molecule has 3 rings (SSSR count). The number of allylic oxidation sites excluding steroid dienone is 1. The largest absolute Gasteiger partial charge is 0.444 e. The molecule has 0 radical (unpaired) electrons. The summed E-state index contributed by atoms with van der Waals surface area (Å²) in [5, 5.41) is 11.7. The summed E-state index contributed by atoms with van der Waals surface area (Å²) in [4.78, 5) is 14.2. The highest BCUT2D eigenvalue weighted by Gasteiger charge is 2.72. The number of likely N-dealkylation sites (tertiary alicyclic amines) is 1. The first-order valence-corrected chi connectivity index (χ1v) is 10.6. The molecule has 1 N–H and O–H groups in total. The van der Waals surface area contributed by atoms with Crippen molar-refractivity contribution in [3.05, 3.63) is 12.7 Å². The Hall–Kier alpha value is -1.07. The van der Waals surface area contributed by atoms with Crippen LogP contribution in [0.1, 0.15) is 72.6 Å². The maximum Gasteiger partial charge on any atom is 0.410 e. The minimum atomic E-state index is -0.800. The second-order valence-electron chi connectivity index (χ2n) is 9.90. The monoisotopic (exact) mass is 379 g/mol. The maximum atomic E-state index is 12.4. The molecule has 0 unspecified atom stereocenters. The molecule has 0 aromatic heterocycles. The molecular formula is C22H37NO4. The third kappa shape index (κ3) is 4.04. The topological polar surface area (TPSA) is 62.3 Å². The zero-order chi connectivity index (χ0) is 19.9. The van der Waals surface area contributed by atoms with Gasteiger partial charge in [-0.1, -0.05) is 13.0 Å². The quantitative estimate of drug-likeness (QED) is 0.587. The van der Waals surface area contributed by atoms with Gasteiger partial charge in [0.15, 0.2) is 0 Å². The van der Waals surface area contributed by atoms with Gasteiger partial charge in [-0.3, -0.25) is 0 Å². The van der Waals surface area contributed by atoms with E-state index in [-0.39, 0.29) is 12.2 Å². The molecule has 3 fully saturated rings. The number of rotatable bonds is 3. The molecule has 0 spiro atoms. The number of carbonyl (C=O) groups is 1. The van der Waals surface area contributed by atoms with E-state index >= 15 is 0 Å². The molecule has 4 atom stereocenters. The number of nitrogens with zero attached hydrogens (tertiary/aromatic N) is 1. The molecule has 0 aromatic rings. The van der Waals surface area contributed by atoms with Crippen molar-refractivity contribution in [1.29, 1.82) is 0 Å². The van der Waals surface area contributed by atoms with Gasteiger partial charge in [0.2, 0.25) is 0 Å². The molecule has 27 heavy (non-hydrogen) atoms. The van der Waals surface area contributed by atoms with Crippen molar-refractivity contribution in [3.8, 4) is 0 Å². The second kappa shape index (κ2) is 7.40. The summed E-state index contributed by atoms with van der Waals surface area (Å²) in [6.07, 6.45) is 7.81. The first-order chi connectivity index (χ1) is 12.6. The number of fused-ring (bicyclic) bond motifs is 1. The van der Waals surface area contributed by atoms with Crippen LogP contribution in [0.2, 0.25) is 0 Å². The molecule has 1 saturated carbocycles. The van der Waals surface area contributed by atoms with E-state index < -0.39 is 16.8 Å². The number of aliphatic hydroxyl groups is 1. The lowest BCUT2D eigenvalue weighted by Crippen LogP contribution is -2.55. The molecule has 5 nitrogen and oxygen atoms in total. The third-order valence-electron chi connectivity index (χ3n) is 6.54. The van der Waals surface area contributed by atoms with Crippen molar-refractivity contribution in [2.75, 3.05) is 13.1 Å². The Morgan fingerprint density at radius 1 is 1.30 bits per heavy atom. The van der Waals surface area contributed by atoms with Gasteiger partial charge in [-0.2, -0.15) is 0 Å². The number of epoxide rings is 1. The summed E-state index contributed by atoms with van der Waals surface area (Å²) in [5.41, 5.74) is -1.68. The van der Waals surface area contributed by atoms with E-state index in [4.69, 9.17) is 9.47 Å². The Balaban J connectivity index is 1.67. The predicted molar refractivity (Wildman–Crippen MR) is 106 cm³/mol. The van der Waals surface area contributed by atoms with Crippen molar-refractivity contribution < 1.29 is 19.4 Å². The Morgan fingerprint density at radius 2 is 1.93 bits per heavy atom. The summed E-state index contributed by atoms with van der Waals surface area (Å²) < 4.78 is 11.8. The highest BCUT2D eigenvalue weighted by Crippen LogP contribution is 2.61. The molecule has 154 valence electrons. The van der Waals surface area contributed by atoms with Crippen LogP contribution in [0.3, 0.4) is 0 Å². The first kappa shape index (κ1) is 20.7. The van der Waals surface area contributed by atoms with Gasteiger partial charge in [0, 0.05) is 13.1 Å². The van der Waals surface area contributed by atoms with Crippen LogP contribution in [0.15, 0.2) is 12.7 Å². The number of amides is 1. The van der Waals surface area contributed by atoms with Gasteiger partial charge in [-0.05, 0) is 77.6 Å².